The van der Waals surface area contributed by atoms with Crippen molar-refractivity contribution >= 4 is 34.9 Å². The lowest BCUT2D eigenvalue weighted by molar-refractivity contribution is -0.129. The van der Waals surface area contributed by atoms with Crippen LogP contribution in [0.5, 0.6) is 0 Å². The molecular weight excluding hydrogens is 352 g/mol. The number of carbonyl (C=O) groups excluding carboxylic acids is 3. The summed E-state index contributed by atoms with van der Waals surface area (Å²) >= 11 is 0.866. The van der Waals surface area contributed by atoms with Crippen LogP contribution in [0.3, 0.4) is 0 Å². The van der Waals surface area contributed by atoms with Crippen molar-refractivity contribution in [3.05, 3.63) is 40.3 Å². The van der Waals surface area contributed by atoms with Crippen LogP contribution >= 0.6 is 11.8 Å². The highest BCUT2D eigenvalue weighted by Gasteiger charge is 2.36. The van der Waals surface area contributed by atoms with Gasteiger partial charge in [0, 0.05) is 13.2 Å². The van der Waals surface area contributed by atoms with Crippen LogP contribution in [-0.4, -0.2) is 47.8 Å². The maximum atomic E-state index is 12.5. The maximum absolute atomic E-state index is 12.5. The molecule has 26 heavy (non-hydrogen) atoms. The minimum atomic E-state index is -0.424. The Morgan fingerprint density at radius 2 is 2.12 bits per heavy atom. The van der Waals surface area contributed by atoms with Gasteiger partial charge in [-0.2, -0.15) is 0 Å². The predicted molar refractivity (Wildman–Crippen MR) is 100 cm³/mol. The molecular formula is C19H22N2O4S. The van der Waals surface area contributed by atoms with Crippen molar-refractivity contribution in [2.45, 2.75) is 32.3 Å². The number of hydrogen-bond acceptors (Lipinski definition) is 5. The van der Waals surface area contributed by atoms with E-state index in [0.717, 1.165) is 41.5 Å². The number of nitrogens with one attached hydrogen (secondary N) is 1. The molecule has 1 aromatic carbocycles. The van der Waals surface area contributed by atoms with Gasteiger partial charge >= 0.3 is 0 Å². The molecule has 1 aromatic rings. The third-order valence-electron chi connectivity index (χ3n) is 4.41. The first-order valence-corrected chi connectivity index (χ1v) is 9.61. The topological polar surface area (TPSA) is 75.7 Å². The van der Waals surface area contributed by atoms with E-state index >= 15 is 0 Å². The second kappa shape index (κ2) is 8.51. The van der Waals surface area contributed by atoms with E-state index in [4.69, 9.17) is 4.74 Å². The molecule has 0 radical (unpaired) electrons. The van der Waals surface area contributed by atoms with Crippen LogP contribution in [0.15, 0.2) is 29.2 Å². The smallest absolute Gasteiger partial charge is 0.294 e. The largest absolute Gasteiger partial charge is 0.376 e. The van der Waals surface area contributed by atoms with E-state index in [2.05, 4.69) is 12.2 Å². The van der Waals surface area contributed by atoms with Crippen molar-refractivity contribution in [3.8, 4) is 0 Å². The zero-order valence-corrected chi connectivity index (χ0v) is 15.5. The molecule has 0 aromatic heterocycles. The van der Waals surface area contributed by atoms with Crippen LogP contribution in [0, 0.1) is 0 Å². The molecule has 2 aliphatic rings. The predicted octanol–water partition coefficient (Wildman–Crippen LogP) is 2.58. The Kier molecular flexibility index (Phi) is 6.11. The van der Waals surface area contributed by atoms with E-state index in [1.165, 1.54) is 5.56 Å². The van der Waals surface area contributed by atoms with Gasteiger partial charge in [0.25, 0.3) is 11.1 Å². The average Bonchev–Trinajstić information content (AvgIpc) is 3.25. The van der Waals surface area contributed by atoms with Crippen LogP contribution < -0.4 is 5.32 Å². The lowest BCUT2D eigenvalue weighted by atomic mass is 10.1. The standard InChI is InChI=1S/C19H22N2O4S/c1-2-13-5-7-14(8-6-13)10-16-18(23)21(19(24)26-16)12-17(22)20-11-15-4-3-9-25-15/h5-8,10,15H,2-4,9,11-12H2,1H3,(H,20,22)/b16-10-/t15-/m0/s1. The summed E-state index contributed by atoms with van der Waals surface area (Å²) < 4.78 is 5.44. The van der Waals surface area contributed by atoms with Crippen molar-refractivity contribution in [1.29, 1.82) is 0 Å². The fourth-order valence-corrected chi connectivity index (χ4v) is 3.71. The minimum Gasteiger partial charge on any atom is -0.376 e. The number of carbonyl (C=O) groups is 3. The van der Waals surface area contributed by atoms with Crippen LogP contribution in [0.25, 0.3) is 6.08 Å². The second-order valence-electron chi connectivity index (χ2n) is 6.30. The fourth-order valence-electron chi connectivity index (χ4n) is 2.87. The Bertz CT molecular complexity index is 724. The lowest BCUT2D eigenvalue weighted by Crippen LogP contribution is -2.41. The number of benzene rings is 1. The fraction of sp³-hybridized carbons (Fsp3) is 0.421. The summed E-state index contributed by atoms with van der Waals surface area (Å²) in [6.45, 7) is 2.94. The highest BCUT2D eigenvalue weighted by atomic mass is 32.2. The number of nitrogens with zero attached hydrogens (tertiary/aromatic N) is 1. The molecule has 0 saturated carbocycles. The number of imide groups is 1. The van der Waals surface area contributed by atoms with Crippen LogP contribution in [-0.2, 0) is 20.7 Å². The highest BCUT2D eigenvalue weighted by molar-refractivity contribution is 8.18. The number of aryl methyl sites for hydroxylation is 1. The van der Waals surface area contributed by atoms with Crippen molar-refractivity contribution in [3.63, 3.8) is 0 Å². The number of ether oxygens (including phenoxy) is 1. The molecule has 0 spiro atoms. The monoisotopic (exact) mass is 374 g/mol. The summed E-state index contributed by atoms with van der Waals surface area (Å²) in [7, 11) is 0. The Balaban J connectivity index is 1.58. The maximum Gasteiger partial charge on any atom is 0.294 e. The van der Waals surface area contributed by atoms with Gasteiger partial charge in [-0.15, -0.1) is 0 Å². The molecule has 0 bridgehead atoms. The summed E-state index contributed by atoms with van der Waals surface area (Å²) in [5.41, 5.74) is 2.06. The number of hydrogen-bond donors (Lipinski definition) is 1. The summed E-state index contributed by atoms with van der Waals surface area (Å²) in [6.07, 6.45) is 4.57. The minimum absolute atomic E-state index is 0.0276. The van der Waals surface area contributed by atoms with Crippen molar-refractivity contribution in [2.75, 3.05) is 19.7 Å². The van der Waals surface area contributed by atoms with Gasteiger partial charge in [0.15, 0.2) is 0 Å². The molecule has 2 saturated heterocycles. The molecule has 6 nitrogen and oxygen atoms in total. The summed E-state index contributed by atoms with van der Waals surface area (Å²) in [5.74, 6) is -0.775. The van der Waals surface area contributed by atoms with Gasteiger partial charge in [-0.3, -0.25) is 19.3 Å². The normalized spacial score (nSPS) is 21.7. The first-order chi connectivity index (χ1) is 12.6. The van der Waals surface area contributed by atoms with Gasteiger partial charge in [-0.05, 0) is 48.2 Å². The van der Waals surface area contributed by atoms with E-state index in [1.807, 2.05) is 24.3 Å². The molecule has 2 aliphatic heterocycles. The quantitative estimate of drug-likeness (QED) is 0.775. The summed E-state index contributed by atoms with van der Waals surface area (Å²) in [6, 6.07) is 7.82. The molecule has 138 valence electrons. The van der Waals surface area contributed by atoms with Crippen molar-refractivity contribution in [2.24, 2.45) is 0 Å². The zero-order valence-electron chi connectivity index (χ0n) is 14.7. The van der Waals surface area contributed by atoms with Gasteiger partial charge in [0.2, 0.25) is 5.91 Å². The van der Waals surface area contributed by atoms with Crippen LogP contribution in [0.1, 0.15) is 30.9 Å². The van der Waals surface area contributed by atoms with Crippen LogP contribution in [0.2, 0.25) is 0 Å². The Morgan fingerprint density at radius 1 is 1.35 bits per heavy atom. The van der Waals surface area contributed by atoms with Crippen molar-refractivity contribution < 1.29 is 19.1 Å². The van der Waals surface area contributed by atoms with Gasteiger partial charge in [-0.1, -0.05) is 31.2 Å². The van der Waals surface area contributed by atoms with Gasteiger partial charge < -0.3 is 10.1 Å². The molecule has 0 unspecified atom stereocenters. The van der Waals surface area contributed by atoms with Crippen LogP contribution in [0.4, 0.5) is 4.79 Å². The van der Waals surface area contributed by atoms with E-state index in [1.54, 1.807) is 6.08 Å². The number of thioether (sulfide) groups is 1. The van der Waals surface area contributed by atoms with Gasteiger partial charge in [-0.25, -0.2) is 0 Å². The molecule has 2 fully saturated rings. The summed E-state index contributed by atoms with van der Waals surface area (Å²) in [5, 5.41) is 2.31. The molecule has 0 aliphatic carbocycles. The Labute approximate surface area is 157 Å². The molecule has 7 heteroatoms. The highest BCUT2D eigenvalue weighted by Crippen LogP contribution is 2.32. The van der Waals surface area contributed by atoms with E-state index in [9.17, 15) is 14.4 Å². The third-order valence-corrected chi connectivity index (χ3v) is 5.32. The number of amides is 3. The molecule has 3 amide bonds. The SMILES string of the molecule is CCc1ccc(/C=C2\SC(=O)N(CC(=O)NC[C@@H]3CCCO3)C2=O)cc1. The van der Waals surface area contributed by atoms with E-state index in [0.29, 0.717) is 18.1 Å². The third kappa shape index (κ3) is 4.53. The zero-order chi connectivity index (χ0) is 18.5. The van der Waals surface area contributed by atoms with E-state index in [-0.39, 0.29) is 18.6 Å². The van der Waals surface area contributed by atoms with E-state index < -0.39 is 11.1 Å². The number of rotatable bonds is 6. The molecule has 3 rings (SSSR count). The van der Waals surface area contributed by atoms with Gasteiger partial charge in [0.05, 0.1) is 11.0 Å². The lowest BCUT2D eigenvalue weighted by Gasteiger charge is -2.14. The summed E-state index contributed by atoms with van der Waals surface area (Å²) in [4.78, 5) is 37.9. The Morgan fingerprint density at radius 3 is 2.77 bits per heavy atom. The molecule has 2 heterocycles. The molecule has 1 atom stereocenters. The van der Waals surface area contributed by atoms with Gasteiger partial charge in [0.1, 0.15) is 6.54 Å². The van der Waals surface area contributed by atoms with Crippen molar-refractivity contribution in [1.82, 2.24) is 10.2 Å². The Hall–Kier alpha value is -2.12. The first-order valence-electron chi connectivity index (χ1n) is 8.79. The second-order valence-corrected chi connectivity index (χ2v) is 7.30. The molecule has 1 N–H and O–H groups in total. The first kappa shape index (κ1) is 18.7. The average molecular weight is 374 g/mol.